The number of rotatable bonds is 5. The Morgan fingerprint density at radius 3 is 2.62 bits per heavy atom. The number of ether oxygens (including phenoxy) is 1. The van der Waals surface area contributed by atoms with Crippen LogP contribution in [-0.2, 0) is 0 Å². The summed E-state index contributed by atoms with van der Waals surface area (Å²) in [5.74, 6) is -0.110. The summed E-state index contributed by atoms with van der Waals surface area (Å²) in [4.78, 5) is 14.0. The molecule has 0 atom stereocenters. The zero-order valence-corrected chi connectivity index (χ0v) is 13.8. The molecule has 1 heterocycles. The van der Waals surface area contributed by atoms with Crippen molar-refractivity contribution in [3.05, 3.63) is 33.8 Å². The van der Waals surface area contributed by atoms with Crippen molar-refractivity contribution in [1.29, 1.82) is 0 Å². The third-order valence-corrected chi connectivity index (χ3v) is 3.38. The second-order valence-corrected chi connectivity index (χ2v) is 5.29. The van der Waals surface area contributed by atoms with Crippen LogP contribution in [0.1, 0.15) is 13.8 Å². The zero-order chi connectivity index (χ0) is 15.4. The number of nitrogens with zero attached hydrogens (tertiary/aromatic N) is 4. The van der Waals surface area contributed by atoms with E-state index in [2.05, 4.69) is 30.9 Å². The van der Waals surface area contributed by atoms with Crippen LogP contribution < -0.4 is 9.64 Å². The molecule has 2 rings (SSSR count). The van der Waals surface area contributed by atoms with E-state index in [9.17, 15) is 4.39 Å². The van der Waals surface area contributed by atoms with Crippen LogP contribution in [0.5, 0.6) is 11.8 Å². The van der Waals surface area contributed by atoms with Crippen LogP contribution in [0.15, 0.2) is 22.7 Å². The molecule has 5 nitrogen and oxygen atoms in total. The first-order valence-corrected chi connectivity index (χ1v) is 7.50. The summed E-state index contributed by atoms with van der Waals surface area (Å²) in [6.45, 7) is 5.36. The normalized spacial score (nSPS) is 10.5. The summed E-state index contributed by atoms with van der Waals surface area (Å²) in [6, 6.07) is 4.30. The molecule has 0 saturated carbocycles. The minimum absolute atomic E-state index is 0.00250. The fourth-order valence-electron chi connectivity index (χ4n) is 1.67. The van der Waals surface area contributed by atoms with Crippen molar-refractivity contribution < 1.29 is 9.13 Å². The van der Waals surface area contributed by atoms with Gasteiger partial charge in [-0.05, 0) is 43.6 Å². The maximum absolute atomic E-state index is 13.7. The Bertz CT molecular complexity index is 640. The predicted octanol–water partition coefficient (Wildman–Crippen LogP) is 4.07. The second kappa shape index (κ2) is 7.00. The monoisotopic (exact) mass is 374 g/mol. The van der Waals surface area contributed by atoms with Crippen molar-refractivity contribution in [3.8, 4) is 11.8 Å². The van der Waals surface area contributed by atoms with Gasteiger partial charge < -0.3 is 9.64 Å². The molecule has 112 valence electrons. The highest BCUT2D eigenvalue weighted by molar-refractivity contribution is 9.10. The third kappa shape index (κ3) is 4.01. The van der Waals surface area contributed by atoms with Gasteiger partial charge in [0, 0.05) is 17.6 Å². The van der Waals surface area contributed by atoms with Crippen molar-refractivity contribution in [2.45, 2.75) is 13.8 Å². The molecular formula is C13H13BrClFN4O. The Morgan fingerprint density at radius 2 is 1.95 bits per heavy atom. The van der Waals surface area contributed by atoms with E-state index in [4.69, 9.17) is 16.3 Å². The van der Waals surface area contributed by atoms with E-state index in [1.807, 2.05) is 18.7 Å². The lowest BCUT2D eigenvalue weighted by Gasteiger charge is -2.18. The van der Waals surface area contributed by atoms with E-state index in [0.29, 0.717) is 23.5 Å². The summed E-state index contributed by atoms with van der Waals surface area (Å²) in [5.41, 5.74) is 0. The fraction of sp³-hybridized carbons (Fsp3) is 0.308. The molecule has 0 N–H and O–H groups in total. The molecule has 0 aliphatic heterocycles. The lowest BCUT2D eigenvalue weighted by atomic mass is 10.3. The molecular weight excluding hydrogens is 363 g/mol. The topological polar surface area (TPSA) is 51.1 Å². The summed E-state index contributed by atoms with van der Waals surface area (Å²) in [5, 5.41) is -0.00250. The second-order valence-electron chi connectivity index (χ2n) is 4.04. The summed E-state index contributed by atoms with van der Waals surface area (Å²) < 4.78 is 19.7. The summed E-state index contributed by atoms with van der Waals surface area (Å²) in [6.07, 6.45) is 0. The molecule has 1 aromatic carbocycles. The maximum atomic E-state index is 13.7. The Labute approximate surface area is 135 Å². The van der Waals surface area contributed by atoms with Crippen LogP contribution in [0.3, 0.4) is 0 Å². The van der Waals surface area contributed by atoms with Crippen molar-refractivity contribution in [2.24, 2.45) is 0 Å². The van der Waals surface area contributed by atoms with Gasteiger partial charge in [-0.25, -0.2) is 4.39 Å². The van der Waals surface area contributed by atoms with Crippen LogP contribution in [-0.4, -0.2) is 28.0 Å². The molecule has 0 saturated heterocycles. The minimum Gasteiger partial charge on any atom is -0.421 e. The SMILES string of the molecule is CCN(CC)c1nc(Cl)nc(Oc2cc(Br)ccc2F)n1. The molecule has 0 radical (unpaired) electrons. The molecule has 2 aromatic rings. The van der Waals surface area contributed by atoms with E-state index in [1.165, 1.54) is 12.1 Å². The van der Waals surface area contributed by atoms with E-state index in [0.717, 1.165) is 0 Å². The van der Waals surface area contributed by atoms with Gasteiger partial charge in [0.25, 0.3) is 0 Å². The third-order valence-electron chi connectivity index (χ3n) is 2.72. The highest BCUT2D eigenvalue weighted by Crippen LogP contribution is 2.27. The summed E-state index contributed by atoms with van der Waals surface area (Å²) >= 11 is 9.12. The van der Waals surface area contributed by atoms with Crippen LogP contribution in [0, 0.1) is 5.82 Å². The highest BCUT2D eigenvalue weighted by Gasteiger charge is 2.13. The Hall–Kier alpha value is -1.47. The van der Waals surface area contributed by atoms with Crippen LogP contribution in [0.4, 0.5) is 10.3 Å². The number of aromatic nitrogens is 3. The van der Waals surface area contributed by atoms with Crippen molar-refractivity contribution in [2.75, 3.05) is 18.0 Å². The van der Waals surface area contributed by atoms with Crippen LogP contribution in [0.2, 0.25) is 5.28 Å². The molecule has 1 aromatic heterocycles. The lowest BCUT2D eigenvalue weighted by molar-refractivity contribution is 0.409. The average molecular weight is 376 g/mol. The Morgan fingerprint density at radius 1 is 1.24 bits per heavy atom. The van der Waals surface area contributed by atoms with Gasteiger partial charge in [0.15, 0.2) is 11.6 Å². The standard InChI is InChI=1S/C13H13BrClFN4O/c1-3-20(4-2)12-17-11(15)18-13(19-12)21-10-7-8(14)5-6-9(10)16/h5-7H,3-4H2,1-2H3. The lowest BCUT2D eigenvalue weighted by Crippen LogP contribution is -2.24. The van der Waals surface area contributed by atoms with Crippen molar-refractivity contribution in [3.63, 3.8) is 0 Å². The predicted molar refractivity (Wildman–Crippen MR) is 82.6 cm³/mol. The van der Waals surface area contributed by atoms with Crippen molar-refractivity contribution >= 4 is 33.5 Å². The Kier molecular flexibility index (Phi) is 5.30. The van der Waals surface area contributed by atoms with Crippen molar-refractivity contribution in [1.82, 2.24) is 15.0 Å². The number of hydrogen-bond donors (Lipinski definition) is 0. The average Bonchev–Trinajstić information content (AvgIpc) is 2.44. The molecule has 0 bridgehead atoms. The van der Waals surface area contributed by atoms with Gasteiger partial charge in [0.05, 0.1) is 0 Å². The van der Waals surface area contributed by atoms with Gasteiger partial charge in [0.2, 0.25) is 11.2 Å². The molecule has 0 spiro atoms. The molecule has 21 heavy (non-hydrogen) atoms. The molecule has 8 heteroatoms. The molecule has 0 fully saturated rings. The molecule has 0 amide bonds. The van der Waals surface area contributed by atoms with E-state index >= 15 is 0 Å². The summed E-state index contributed by atoms with van der Waals surface area (Å²) in [7, 11) is 0. The number of halogens is 3. The van der Waals surface area contributed by atoms with Gasteiger partial charge in [-0.2, -0.15) is 15.0 Å². The van der Waals surface area contributed by atoms with Gasteiger partial charge in [0.1, 0.15) is 0 Å². The van der Waals surface area contributed by atoms with E-state index in [1.54, 1.807) is 6.07 Å². The number of anilines is 1. The van der Waals surface area contributed by atoms with Gasteiger partial charge >= 0.3 is 6.01 Å². The fourth-order valence-corrected chi connectivity index (χ4v) is 2.16. The maximum Gasteiger partial charge on any atom is 0.328 e. The number of benzene rings is 1. The van der Waals surface area contributed by atoms with E-state index < -0.39 is 5.82 Å². The van der Waals surface area contributed by atoms with Gasteiger partial charge in [-0.3, -0.25) is 0 Å². The van der Waals surface area contributed by atoms with Gasteiger partial charge in [-0.15, -0.1) is 0 Å². The molecule has 0 aliphatic carbocycles. The first-order chi connectivity index (χ1) is 10.0. The smallest absolute Gasteiger partial charge is 0.328 e. The zero-order valence-electron chi connectivity index (χ0n) is 11.5. The molecule has 0 unspecified atom stereocenters. The number of hydrogen-bond acceptors (Lipinski definition) is 5. The van der Waals surface area contributed by atoms with Crippen LogP contribution in [0.25, 0.3) is 0 Å². The molecule has 0 aliphatic rings. The van der Waals surface area contributed by atoms with Gasteiger partial charge in [-0.1, -0.05) is 15.9 Å². The van der Waals surface area contributed by atoms with Crippen LogP contribution >= 0.6 is 27.5 Å². The Balaban J connectivity index is 2.34. The first-order valence-electron chi connectivity index (χ1n) is 6.33. The highest BCUT2D eigenvalue weighted by atomic mass is 79.9. The van der Waals surface area contributed by atoms with E-state index in [-0.39, 0.29) is 17.0 Å². The quantitative estimate of drug-likeness (QED) is 0.788. The first kappa shape index (κ1) is 15.9. The minimum atomic E-state index is -0.515. The largest absolute Gasteiger partial charge is 0.421 e.